The summed E-state index contributed by atoms with van der Waals surface area (Å²) in [5.74, 6) is -3.77. The highest BCUT2D eigenvalue weighted by Crippen LogP contribution is 2.16. The van der Waals surface area contributed by atoms with Crippen LogP contribution in [0.5, 0.6) is 0 Å². The van der Waals surface area contributed by atoms with Gasteiger partial charge in [0, 0.05) is 0 Å². The second-order valence-electron chi connectivity index (χ2n) is 3.27. The molecule has 0 unspecified atom stereocenters. The number of aryl methyl sites for hydroxylation is 1. The summed E-state index contributed by atoms with van der Waals surface area (Å²) in [5, 5.41) is 12.3. The summed E-state index contributed by atoms with van der Waals surface area (Å²) >= 11 is 0. The Morgan fingerprint density at radius 3 is 2.71 bits per heavy atom. The average molecular weight is 239 g/mol. The number of aromatic nitrogens is 3. The van der Waals surface area contributed by atoms with Crippen LogP contribution in [0.2, 0.25) is 0 Å². The molecule has 1 heterocycles. The monoisotopic (exact) mass is 239 g/mol. The van der Waals surface area contributed by atoms with Gasteiger partial charge < -0.3 is 5.11 Å². The number of hydrogen-bond donors (Lipinski definition) is 1. The molecule has 0 aliphatic rings. The minimum absolute atomic E-state index is 0.159. The average Bonchev–Trinajstić information content (AvgIpc) is 2.65. The highest BCUT2D eigenvalue weighted by molar-refractivity contribution is 5.83. The smallest absolute Gasteiger partial charge is 0.375 e. The maximum absolute atomic E-state index is 13.5. The molecule has 5 nitrogen and oxygen atoms in total. The zero-order valence-electron chi connectivity index (χ0n) is 8.69. The van der Waals surface area contributed by atoms with Gasteiger partial charge in [-0.15, -0.1) is 5.10 Å². The van der Waals surface area contributed by atoms with E-state index in [-0.39, 0.29) is 11.5 Å². The molecule has 0 radical (unpaired) electrons. The van der Waals surface area contributed by atoms with Crippen LogP contribution in [0.25, 0.3) is 5.69 Å². The van der Waals surface area contributed by atoms with Crippen molar-refractivity contribution in [1.82, 2.24) is 14.8 Å². The van der Waals surface area contributed by atoms with Gasteiger partial charge in [0.05, 0.1) is 0 Å². The molecule has 0 fully saturated rings. The second-order valence-corrected chi connectivity index (χ2v) is 3.27. The fraction of sp³-hybridized carbons (Fsp3) is 0.100. The Kier molecular flexibility index (Phi) is 2.58. The number of rotatable bonds is 2. The third-order valence-electron chi connectivity index (χ3n) is 2.12. The normalized spacial score (nSPS) is 10.5. The topological polar surface area (TPSA) is 68.0 Å². The van der Waals surface area contributed by atoms with Gasteiger partial charge in [-0.05, 0) is 19.1 Å². The lowest BCUT2D eigenvalue weighted by molar-refractivity contribution is 0.0683. The number of carboxylic acid groups (broad SMARTS) is 1. The molecule has 0 bridgehead atoms. The number of aromatic carboxylic acids is 1. The lowest BCUT2D eigenvalue weighted by Gasteiger charge is -2.04. The van der Waals surface area contributed by atoms with E-state index in [2.05, 4.69) is 10.1 Å². The van der Waals surface area contributed by atoms with Gasteiger partial charge in [-0.3, -0.25) is 0 Å². The van der Waals surface area contributed by atoms with E-state index in [1.165, 1.54) is 19.1 Å². The van der Waals surface area contributed by atoms with E-state index < -0.39 is 23.4 Å². The molecule has 0 atom stereocenters. The van der Waals surface area contributed by atoms with E-state index in [9.17, 15) is 13.6 Å². The largest absolute Gasteiger partial charge is 0.475 e. The Labute approximate surface area is 94.3 Å². The molecule has 2 aromatic rings. The van der Waals surface area contributed by atoms with E-state index in [0.717, 1.165) is 10.7 Å². The Morgan fingerprint density at radius 2 is 2.12 bits per heavy atom. The zero-order valence-corrected chi connectivity index (χ0v) is 8.69. The third kappa shape index (κ3) is 1.86. The molecule has 2 rings (SSSR count). The first-order valence-electron chi connectivity index (χ1n) is 4.62. The van der Waals surface area contributed by atoms with Crippen LogP contribution >= 0.6 is 0 Å². The Balaban J connectivity index is 2.60. The van der Waals surface area contributed by atoms with Crippen molar-refractivity contribution in [2.24, 2.45) is 0 Å². The van der Waals surface area contributed by atoms with Gasteiger partial charge >= 0.3 is 5.97 Å². The molecule has 0 aliphatic carbocycles. The molecule has 1 aromatic carbocycles. The van der Waals surface area contributed by atoms with E-state index >= 15 is 0 Å². The van der Waals surface area contributed by atoms with Gasteiger partial charge in [0.25, 0.3) is 5.82 Å². The summed E-state index contributed by atoms with van der Waals surface area (Å²) < 4.78 is 27.4. The van der Waals surface area contributed by atoms with Crippen LogP contribution in [0.15, 0.2) is 18.2 Å². The van der Waals surface area contributed by atoms with Crippen molar-refractivity contribution >= 4 is 5.97 Å². The van der Waals surface area contributed by atoms with Gasteiger partial charge in [-0.2, -0.15) is 0 Å². The minimum atomic E-state index is -1.33. The quantitative estimate of drug-likeness (QED) is 0.863. The van der Waals surface area contributed by atoms with Crippen molar-refractivity contribution in [3.8, 4) is 5.69 Å². The molecule has 1 aromatic heterocycles. The summed E-state index contributed by atoms with van der Waals surface area (Å²) in [6.45, 7) is 1.45. The minimum Gasteiger partial charge on any atom is -0.475 e. The number of carboxylic acids is 1. The summed E-state index contributed by atoms with van der Waals surface area (Å²) in [7, 11) is 0. The van der Waals surface area contributed by atoms with Crippen molar-refractivity contribution in [1.29, 1.82) is 0 Å². The van der Waals surface area contributed by atoms with Crippen molar-refractivity contribution in [3.05, 3.63) is 41.5 Å². The molecule has 88 valence electrons. The lowest BCUT2D eigenvalue weighted by Crippen LogP contribution is -2.05. The number of nitrogens with zero attached hydrogens (tertiary/aromatic N) is 3. The van der Waals surface area contributed by atoms with Crippen LogP contribution in [0, 0.1) is 18.6 Å². The third-order valence-corrected chi connectivity index (χ3v) is 2.12. The SMILES string of the molecule is Cc1nc(C(=O)O)nn1-c1cccc(F)c1F. The van der Waals surface area contributed by atoms with Crippen molar-refractivity contribution in [2.45, 2.75) is 6.92 Å². The molecule has 0 amide bonds. The molecule has 7 heteroatoms. The fourth-order valence-corrected chi connectivity index (χ4v) is 1.36. The predicted molar refractivity (Wildman–Crippen MR) is 53.0 cm³/mol. The summed E-state index contributed by atoms with van der Waals surface area (Å²) in [5.41, 5.74) is -0.178. The molecule has 0 saturated heterocycles. The van der Waals surface area contributed by atoms with Crippen LogP contribution in [-0.4, -0.2) is 25.8 Å². The van der Waals surface area contributed by atoms with Gasteiger partial charge in [-0.25, -0.2) is 23.2 Å². The van der Waals surface area contributed by atoms with Gasteiger partial charge in [0.1, 0.15) is 11.5 Å². The number of hydrogen-bond acceptors (Lipinski definition) is 3. The van der Waals surface area contributed by atoms with Crippen LogP contribution in [-0.2, 0) is 0 Å². The van der Waals surface area contributed by atoms with Crippen molar-refractivity contribution < 1.29 is 18.7 Å². The summed E-state index contributed by atoms with van der Waals surface area (Å²) in [6, 6.07) is 3.55. The maximum atomic E-state index is 13.5. The van der Waals surface area contributed by atoms with E-state index in [4.69, 9.17) is 5.11 Å². The van der Waals surface area contributed by atoms with E-state index in [1.807, 2.05) is 0 Å². The van der Waals surface area contributed by atoms with E-state index in [1.54, 1.807) is 0 Å². The van der Waals surface area contributed by atoms with Gasteiger partial charge in [-0.1, -0.05) is 6.07 Å². The Morgan fingerprint density at radius 1 is 1.41 bits per heavy atom. The van der Waals surface area contributed by atoms with Crippen LogP contribution in [0.4, 0.5) is 8.78 Å². The fourth-order valence-electron chi connectivity index (χ4n) is 1.36. The standard InChI is InChI=1S/C10H7F2N3O2/c1-5-13-9(10(16)17)14-15(5)7-4-2-3-6(11)8(7)12/h2-4H,1H3,(H,16,17). The molecular formula is C10H7F2N3O2. The molecule has 0 aliphatic heterocycles. The van der Waals surface area contributed by atoms with Gasteiger partial charge in [0.2, 0.25) is 0 Å². The lowest BCUT2D eigenvalue weighted by atomic mass is 10.3. The van der Waals surface area contributed by atoms with Crippen LogP contribution in [0.3, 0.4) is 0 Å². The maximum Gasteiger partial charge on any atom is 0.375 e. The highest BCUT2D eigenvalue weighted by Gasteiger charge is 2.17. The second kappa shape index (κ2) is 3.93. The molecule has 0 saturated carbocycles. The van der Waals surface area contributed by atoms with Crippen molar-refractivity contribution in [2.75, 3.05) is 0 Å². The first-order chi connectivity index (χ1) is 8.00. The first-order valence-corrected chi connectivity index (χ1v) is 4.62. The number of halogens is 2. The number of carbonyl (C=O) groups is 1. The predicted octanol–water partition coefficient (Wildman–Crippen LogP) is 1.55. The van der Waals surface area contributed by atoms with Crippen LogP contribution < -0.4 is 0 Å². The Hall–Kier alpha value is -2.31. The zero-order chi connectivity index (χ0) is 12.6. The highest BCUT2D eigenvalue weighted by atomic mass is 19.2. The van der Waals surface area contributed by atoms with Crippen molar-refractivity contribution in [3.63, 3.8) is 0 Å². The first kappa shape index (κ1) is 11.2. The summed E-state index contributed by atoms with van der Waals surface area (Å²) in [6.07, 6.45) is 0. The number of benzene rings is 1. The van der Waals surface area contributed by atoms with Crippen LogP contribution in [0.1, 0.15) is 16.4 Å². The molecule has 17 heavy (non-hydrogen) atoms. The molecule has 1 N–H and O–H groups in total. The van der Waals surface area contributed by atoms with E-state index in [0.29, 0.717) is 0 Å². The molecule has 0 spiro atoms. The summed E-state index contributed by atoms with van der Waals surface area (Å²) in [4.78, 5) is 14.3. The molecular weight excluding hydrogens is 232 g/mol. The Bertz CT molecular complexity index is 595. The van der Waals surface area contributed by atoms with Gasteiger partial charge in [0.15, 0.2) is 11.6 Å².